The molecule has 0 radical (unpaired) electrons. The fourth-order valence-corrected chi connectivity index (χ4v) is 1.37. The molecule has 0 amide bonds. The van der Waals surface area contributed by atoms with Gasteiger partial charge in [0.2, 0.25) is 0 Å². The summed E-state index contributed by atoms with van der Waals surface area (Å²) in [5.41, 5.74) is 9.59. The van der Waals surface area contributed by atoms with E-state index in [-0.39, 0.29) is 0 Å². The van der Waals surface area contributed by atoms with Crippen molar-refractivity contribution in [3.8, 4) is 11.1 Å². The van der Waals surface area contributed by atoms with E-state index in [0.29, 0.717) is 5.69 Å². The molecular formula is C11H11N3. The minimum absolute atomic E-state index is 0.672. The van der Waals surface area contributed by atoms with Gasteiger partial charge in [0.05, 0.1) is 5.69 Å². The van der Waals surface area contributed by atoms with E-state index in [1.807, 2.05) is 25.3 Å². The topological polar surface area (TPSA) is 51.8 Å². The average Bonchev–Trinajstić information content (AvgIpc) is 2.18. The summed E-state index contributed by atoms with van der Waals surface area (Å²) in [4.78, 5) is 8.13. The number of rotatable bonds is 1. The van der Waals surface area contributed by atoms with Crippen molar-refractivity contribution in [1.29, 1.82) is 0 Å². The van der Waals surface area contributed by atoms with Crippen LogP contribution >= 0.6 is 0 Å². The molecule has 0 aromatic carbocycles. The molecule has 2 rings (SSSR count). The summed E-state index contributed by atoms with van der Waals surface area (Å²) in [5, 5.41) is 0. The zero-order chi connectivity index (χ0) is 9.97. The highest BCUT2D eigenvalue weighted by Crippen LogP contribution is 2.22. The molecule has 2 aromatic rings. The second kappa shape index (κ2) is 3.46. The number of nitrogens with two attached hydrogens (primary N) is 1. The maximum Gasteiger partial charge on any atom is 0.0506 e. The number of nitrogen functional groups attached to an aromatic ring is 1. The number of pyridine rings is 2. The van der Waals surface area contributed by atoms with E-state index in [4.69, 9.17) is 5.73 Å². The Balaban J connectivity index is 2.55. The molecule has 70 valence electrons. The highest BCUT2D eigenvalue weighted by Gasteiger charge is 2.01. The Morgan fingerprint density at radius 2 is 2.00 bits per heavy atom. The zero-order valence-electron chi connectivity index (χ0n) is 7.94. The van der Waals surface area contributed by atoms with E-state index in [9.17, 15) is 0 Å². The lowest BCUT2D eigenvalue weighted by molar-refractivity contribution is 1.27. The predicted octanol–water partition coefficient (Wildman–Crippen LogP) is 2.03. The largest absolute Gasteiger partial charge is 0.397 e. The summed E-state index contributed by atoms with van der Waals surface area (Å²) in [7, 11) is 0. The fraction of sp³-hybridized carbons (Fsp3) is 0.0909. The quantitative estimate of drug-likeness (QED) is 0.739. The maximum atomic E-state index is 5.66. The summed E-state index contributed by atoms with van der Waals surface area (Å²) >= 11 is 0. The van der Waals surface area contributed by atoms with Crippen LogP contribution in [-0.4, -0.2) is 9.97 Å². The van der Waals surface area contributed by atoms with Crippen molar-refractivity contribution in [2.24, 2.45) is 0 Å². The van der Waals surface area contributed by atoms with Crippen LogP contribution in [0.15, 0.2) is 36.9 Å². The predicted molar refractivity (Wildman–Crippen MR) is 56.6 cm³/mol. The Morgan fingerprint density at radius 1 is 1.14 bits per heavy atom. The number of hydrogen-bond acceptors (Lipinski definition) is 3. The molecule has 3 nitrogen and oxygen atoms in total. The second-order valence-corrected chi connectivity index (χ2v) is 3.20. The highest BCUT2D eigenvalue weighted by atomic mass is 14.7. The molecule has 0 spiro atoms. The molecule has 0 atom stereocenters. The van der Waals surface area contributed by atoms with Gasteiger partial charge in [0.15, 0.2) is 0 Å². The third kappa shape index (κ3) is 1.57. The number of aromatic nitrogens is 2. The van der Waals surface area contributed by atoms with Gasteiger partial charge in [0, 0.05) is 35.9 Å². The lowest BCUT2D eigenvalue weighted by Crippen LogP contribution is -1.89. The normalized spacial score (nSPS) is 10.1. The van der Waals surface area contributed by atoms with Crippen LogP contribution in [0, 0.1) is 6.92 Å². The molecule has 0 aliphatic heterocycles. The van der Waals surface area contributed by atoms with Crippen LogP contribution in [0.2, 0.25) is 0 Å². The van der Waals surface area contributed by atoms with Crippen molar-refractivity contribution in [2.75, 3.05) is 5.73 Å². The van der Waals surface area contributed by atoms with Gasteiger partial charge in [-0.25, -0.2) is 0 Å². The summed E-state index contributed by atoms with van der Waals surface area (Å²) in [6, 6.07) is 3.87. The Labute approximate surface area is 82.6 Å². The minimum Gasteiger partial charge on any atom is -0.397 e. The van der Waals surface area contributed by atoms with E-state index in [0.717, 1.165) is 11.1 Å². The lowest BCUT2D eigenvalue weighted by Gasteiger charge is -2.04. The molecule has 2 heterocycles. The Bertz CT molecular complexity index is 452. The summed E-state index contributed by atoms with van der Waals surface area (Å²) < 4.78 is 0. The van der Waals surface area contributed by atoms with Gasteiger partial charge < -0.3 is 5.73 Å². The van der Waals surface area contributed by atoms with E-state index >= 15 is 0 Å². The number of anilines is 1. The van der Waals surface area contributed by atoms with Crippen molar-refractivity contribution in [3.63, 3.8) is 0 Å². The molecule has 0 aliphatic rings. The van der Waals surface area contributed by atoms with Crippen molar-refractivity contribution >= 4 is 5.69 Å². The van der Waals surface area contributed by atoms with Gasteiger partial charge >= 0.3 is 0 Å². The SMILES string of the molecule is Cc1ccncc1-c1cncc(N)c1. The van der Waals surface area contributed by atoms with Crippen LogP contribution in [-0.2, 0) is 0 Å². The van der Waals surface area contributed by atoms with E-state index in [2.05, 4.69) is 9.97 Å². The first kappa shape index (κ1) is 8.69. The fourth-order valence-electron chi connectivity index (χ4n) is 1.37. The first-order valence-corrected chi connectivity index (χ1v) is 4.39. The van der Waals surface area contributed by atoms with Crippen LogP contribution in [0.3, 0.4) is 0 Å². The number of hydrogen-bond donors (Lipinski definition) is 1. The molecule has 0 unspecified atom stereocenters. The zero-order valence-corrected chi connectivity index (χ0v) is 7.94. The summed E-state index contributed by atoms with van der Waals surface area (Å²) in [6.45, 7) is 2.04. The van der Waals surface area contributed by atoms with E-state index in [1.54, 1.807) is 18.6 Å². The van der Waals surface area contributed by atoms with Gasteiger partial charge in [-0.2, -0.15) is 0 Å². The Hall–Kier alpha value is -1.90. The Kier molecular flexibility index (Phi) is 2.14. The van der Waals surface area contributed by atoms with Crippen molar-refractivity contribution in [1.82, 2.24) is 9.97 Å². The summed E-state index contributed by atoms with van der Waals surface area (Å²) in [6.07, 6.45) is 7.03. The van der Waals surface area contributed by atoms with Gasteiger partial charge in [-0.15, -0.1) is 0 Å². The minimum atomic E-state index is 0.672. The Morgan fingerprint density at radius 3 is 2.71 bits per heavy atom. The van der Waals surface area contributed by atoms with Crippen LogP contribution < -0.4 is 5.73 Å². The van der Waals surface area contributed by atoms with Crippen molar-refractivity contribution < 1.29 is 0 Å². The molecule has 2 aromatic heterocycles. The van der Waals surface area contributed by atoms with Crippen LogP contribution in [0.5, 0.6) is 0 Å². The smallest absolute Gasteiger partial charge is 0.0506 e. The molecule has 2 N–H and O–H groups in total. The average molecular weight is 185 g/mol. The monoisotopic (exact) mass is 185 g/mol. The van der Waals surface area contributed by atoms with Gasteiger partial charge in [0.1, 0.15) is 0 Å². The number of aryl methyl sites for hydroxylation is 1. The van der Waals surface area contributed by atoms with Crippen molar-refractivity contribution in [2.45, 2.75) is 6.92 Å². The summed E-state index contributed by atoms with van der Waals surface area (Å²) in [5.74, 6) is 0. The first-order valence-electron chi connectivity index (χ1n) is 4.39. The lowest BCUT2D eigenvalue weighted by atomic mass is 10.1. The van der Waals surface area contributed by atoms with Gasteiger partial charge in [-0.05, 0) is 24.6 Å². The second-order valence-electron chi connectivity index (χ2n) is 3.20. The van der Waals surface area contributed by atoms with E-state index < -0.39 is 0 Å². The molecule has 0 saturated carbocycles. The molecule has 0 saturated heterocycles. The van der Waals surface area contributed by atoms with Gasteiger partial charge in [0.25, 0.3) is 0 Å². The van der Waals surface area contributed by atoms with Crippen molar-refractivity contribution in [3.05, 3.63) is 42.5 Å². The van der Waals surface area contributed by atoms with Gasteiger partial charge in [-0.1, -0.05) is 0 Å². The maximum absolute atomic E-state index is 5.66. The first-order chi connectivity index (χ1) is 6.77. The molecule has 0 bridgehead atoms. The molecule has 14 heavy (non-hydrogen) atoms. The van der Waals surface area contributed by atoms with Crippen LogP contribution in [0.1, 0.15) is 5.56 Å². The number of nitrogens with zero attached hydrogens (tertiary/aromatic N) is 2. The highest BCUT2D eigenvalue weighted by molar-refractivity contribution is 5.67. The third-order valence-electron chi connectivity index (χ3n) is 2.11. The molecule has 0 fully saturated rings. The molecular weight excluding hydrogens is 174 g/mol. The molecule has 0 aliphatic carbocycles. The van der Waals surface area contributed by atoms with Gasteiger partial charge in [-0.3, -0.25) is 9.97 Å². The van der Waals surface area contributed by atoms with Crippen LogP contribution in [0.4, 0.5) is 5.69 Å². The third-order valence-corrected chi connectivity index (χ3v) is 2.11. The van der Waals surface area contributed by atoms with Crippen LogP contribution in [0.25, 0.3) is 11.1 Å². The van der Waals surface area contributed by atoms with E-state index in [1.165, 1.54) is 5.56 Å². The standard InChI is InChI=1S/C11H11N3/c1-8-2-3-13-7-11(8)9-4-10(12)6-14-5-9/h2-7H,12H2,1H3. The molecule has 3 heteroatoms.